The number of aliphatic hydroxyl groups excluding tert-OH is 1. The van der Waals surface area contributed by atoms with Crippen molar-refractivity contribution < 1.29 is 19.5 Å². The summed E-state index contributed by atoms with van der Waals surface area (Å²) >= 11 is 0. The Morgan fingerprint density at radius 3 is 2.38 bits per heavy atom. The largest absolute Gasteiger partial charge is 0.375 e. The molecule has 0 aliphatic rings. The number of nitrogens with zero attached hydrogens (tertiary/aromatic N) is 2. The molecule has 176 valence electrons. The van der Waals surface area contributed by atoms with Crippen molar-refractivity contribution in [2.45, 2.75) is 51.9 Å². The predicted molar refractivity (Wildman–Crippen MR) is 120 cm³/mol. The highest BCUT2D eigenvalue weighted by Gasteiger charge is 2.24. The van der Waals surface area contributed by atoms with Gasteiger partial charge in [-0.3, -0.25) is 19.9 Å². The van der Waals surface area contributed by atoms with E-state index in [2.05, 4.69) is 26.8 Å². The van der Waals surface area contributed by atoms with Crippen molar-refractivity contribution in [3.05, 3.63) is 30.3 Å². The van der Waals surface area contributed by atoms with Crippen molar-refractivity contribution in [2.75, 3.05) is 24.5 Å². The second-order valence-electron chi connectivity index (χ2n) is 8.13. The first-order valence-corrected chi connectivity index (χ1v) is 10.3. The van der Waals surface area contributed by atoms with E-state index in [1.165, 1.54) is 11.8 Å². The number of hydrogen-bond acceptors (Lipinski definition) is 7. The number of aliphatic hydroxyl groups is 1. The van der Waals surface area contributed by atoms with Crippen LogP contribution in [0.2, 0.25) is 0 Å². The van der Waals surface area contributed by atoms with E-state index in [0.29, 0.717) is 31.7 Å². The van der Waals surface area contributed by atoms with Gasteiger partial charge in [-0.05, 0) is 39.8 Å². The molecule has 0 saturated carbocycles. The number of nitrogens with one attached hydrogen (secondary N) is 5. The van der Waals surface area contributed by atoms with Crippen molar-refractivity contribution in [3.8, 4) is 6.07 Å². The Labute approximate surface area is 188 Å². The van der Waals surface area contributed by atoms with Gasteiger partial charge < -0.3 is 21.1 Å². The van der Waals surface area contributed by atoms with Crippen molar-refractivity contribution >= 4 is 23.5 Å². The molecule has 1 aromatic carbocycles. The lowest BCUT2D eigenvalue weighted by atomic mass is 10.1. The maximum atomic E-state index is 12.7. The van der Waals surface area contributed by atoms with E-state index in [1.54, 1.807) is 45.0 Å². The molecule has 32 heavy (non-hydrogen) atoms. The molecule has 2 atom stereocenters. The molecule has 0 bridgehead atoms. The highest BCUT2D eigenvalue weighted by Crippen LogP contribution is 2.12. The molecule has 1 unspecified atom stereocenters. The van der Waals surface area contributed by atoms with Crippen molar-refractivity contribution in [3.63, 3.8) is 0 Å². The van der Waals surface area contributed by atoms with Gasteiger partial charge in [0, 0.05) is 37.3 Å². The number of hydrogen-bond donors (Lipinski definition) is 6. The van der Waals surface area contributed by atoms with Crippen molar-refractivity contribution in [1.82, 2.24) is 26.8 Å². The van der Waals surface area contributed by atoms with Gasteiger partial charge >= 0.3 is 17.8 Å². The molecular weight excluding hydrogens is 414 g/mol. The molecule has 0 fully saturated rings. The van der Waals surface area contributed by atoms with Crippen LogP contribution < -0.4 is 31.7 Å². The lowest BCUT2D eigenvalue weighted by Gasteiger charge is -2.26. The minimum Gasteiger partial charge on any atom is -0.375 e. The van der Waals surface area contributed by atoms with Gasteiger partial charge in [0.1, 0.15) is 6.23 Å². The molecule has 0 saturated heterocycles. The minimum atomic E-state index is -1.35. The summed E-state index contributed by atoms with van der Waals surface area (Å²) in [6, 6.07) is 9.58. The molecule has 0 aromatic heterocycles. The highest BCUT2D eigenvalue weighted by atomic mass is 16.3. The second-order valence-corrected chi connectivity index (χ2v) is 8.13. The Morgan fingerprint density at radius 2 is 1.78 bits per heavy atom. The number of rotatable bonds is 10. The molecule has 1 rings (SSSR count). The topological polar surface area (TPSA) is 159 Å². The summed E-state index contributed by atoms with van der Waals surface area (Å²) in [7, 11) is 0. The van der Waals surface area contributed by atoms with E-state index in [9.17, 15) is 19.5 Å². The van der Waals surface area contributed by atoms with Crippen LogP contribution in [0.3, 0.4) is 0 Å². The smallest absolute Gasteiger partial charge is 0.336 e. The molecule has 1 aromatic rings. The highest BCUT2D eigenvalue weighted by molar-refractivity contribution is 6.35. The number of amides is 4. The van der Waals surface area contributed by atoms with Gasteiger partial charge in [-0.2, -0.15) is 5.26 Å². The van der Waals surface area contributed by atoms with Crippen LogP contribution in [0.25, 0.3) is 0 Å². The monoisotopic (exact) mass is 447 g/mol. The molecule has 0 aliphatic carbocycles. The quantitative estimate of drug-likeness (QED) is 0.127. The van der Waals surface area contributed by atoms with E-state index < -0.39 is 35.7 Å². The van der Waals surface area contributed by atoms with Gasteiger partial charge in [-0.25, -0.2) is 10.2 Å². The first-order chi connectivity index (χ1) is 15.0. The van der Waals surface area contributed by atoms with E-state index in [-0.39, 0.29) is 0 Å². The van der Waals surface area contributed by atoms with Crippen LogP contribution in [-0.2, 0) is 9.59 Å². The molecular formula is C21H33N7O4. The van der Waals surface area contributed by atoms with Crippen LogP contribution in [0.5, 0.6) is 0 Å². The number of carbonyl (C=O) groups is 3. The SMILES string of the molecule is C[C@H](NC(=O)C(=O)NC(C)(C)C)C(O)NNC(=O)N(CCNCCC#N)c1ccccc1. The maximum Gasteiger partial charge on any atom is 0.336 e. The minimum absolute atomic E-state index is 0.318. The molecule has 0 aliphatic heterocycles. The van der Waals surface area contributed by atoms with Crippen molar-refractivity contribution in [2.24, 2.45) is 0 Å². The van der Waals surface area contributed by atoms with Crippen LogP contribution in [0, 0.1) is 11.3 Å². The average molecular weight is 448 g/mol. The third-order valence-corrected chi connectivity index (χ3v) is 4.09. The van der Waals surface area contributed by atoms with Gasteiger partial charge in [-0.1, -0.05) is 18.2 Å². The summed E-state index contributed by atoms with van der Waals surface area (Å²) in [6.45, 7) is 8.00. The van der Waals surface area contributed by atoms with Crippen LogP contribution in [0.1, 0.15) is 34.1 Å². The standard InChI is InChI=1S/C21H33N7O4/c1-15(24-18(30)19(31)25-21(2,3)4)17(29)26-27-20(32)28(14-13-23-12-8-11-22)16-9-6-5-7-10-16/h5-7,9-10,15,17,23,26,29H,8,12-14H2,1-4H3,(H,24,30)(H,25,31)(H,27,32)/t15-,17?/m0/s1. The first-order valence-electron chi connectivity index (χ1n) is 10.3. The molecule has 4 amide bonds. The van der Waals surface area contributed by atoms with Gasteiger partial charge in [0.25, 0.3) is 0 Å². The molecule has 11 heteroatoms. The Bertz CT molecular complexity index is 790. The van der Waals surface area contributed by atoms with Gasteiger partial charge in [0.15, 0.2) is 0 Å². The lowest BCUT2D eigenvalue weighted by molar-refractivity contribution is -0.141. The summed E-state index contributed by atoms with van der Waals surface area (Å²) in [5, 5.41) is 26.8. The zero-order chi connectivity index (χ0) is 24.1. The Balaban J connectivity index is 2.61. The van der Waals surface area contributed by atoms with E-state index in [0.717, 1.165) is 0 Å². The van der Waals surface area contributed by atoms with Crippen LogP contribution in [0.4, 0.5) is 10.5 Å². The second kappa shape index (κ2) is 13.3. The third kappa shape index (κ3) is 10.2. The fourth-order valence-electron chi connectivity index (χ4n) is 2.49. The molecule has 0 heterocycles. The predicted octanol–water partition coefficient (Wildman–Crippen LogP) is -0.0517. The molecule has 0 spiro atoms. The Morgan fingerprint density at radius 1 is 1.12 bits per heavy atom. The summed E-state index contributed by atoms with van der Waals surface area (Å²) in [5.41, 5.74) is 4.92. The van der Waals surface area contributed by atoms with E-state index in [1.807, 2.05) is 12.1 Å². The first kappa shape index (κ1) is 26.8. The molecule has 0 radical (unpaired) electrons. The number of urea groups is 1. The number of carbonyl (C=O) groups excluding carboxylic acids is 3. The van der Waals surface area contributed by atoms with E-state index in [4.69, 9.17) is 5.26 Å². The van der Waals surface area contributed by atoms with Gasteiger partial charge in [0.2, 0.25) is 0 Å². The van der Waals surface area contributed by atoms with Gasteiger partial charge in [0.05, 0.1) is 12.1 Å². The summed E-state index contributed by atoms with van der Waals surface area (Å²) in [6.07, 6.45) is -0.987. The van der Waals surface area contributed by atoms with Crippen LogP contribution >= 0.6 is 0 Å². The number of anilines is 1. The van der Waals surface area contributed by atoms with Crippen molar-refractivity contribution in [1.29, 1.82) is 5.26 Å². The van der Waals surface area contributed by atoms with Crippen LogP contribution in [-0.4, -0.2) is 60.4 Å². The third-order valence-electron chi connectivity index (χ3n) is 4.09. The Kier molecular flexibility index (Phi) is 11.1. The lowest BCUT2D eigenvalue weighted by Crippen LogP contribution is -2.58. The van der Waals surface area contributed by atoms with Gasteiger partial charge in [-0.15, -0.1) is 0 Å². The van der Waals surface area contributed by atoms with E-state index >= 15 is 0 Å². The summed E-state index contributed by atoms with van der Waals surface area (Å²) in [4.78, 5) is 38.0. The normalized spacial score (nSPS) is 12.8. The number of benzene rings is 1. The zero-order valence-corrected chi connectivity index (χ0v) is 18.9. The molecule has 6 N–H and O–H groups in total. The number of hydrazine groups is 1. The average Bonchev–Trinajstić information content (AvgIpc) is 2.73. The Hall–Kier alpha value is -3.20. The number of nitriles is 1. The fraction of sp³-hybridized carbons (Fsp3) is 0.524. The zero-order valence-electron chi connectivity index (χ0n) is 18.9. The maximum absolute atomic E-state index is 12.7. The molecule has 11 nitrogen and oxygen atoms in total. The summed E-state index contributed by atoms with van der Waals surface area (Å²) in [5.74, 6) is -1.71. The fourth-order valence-corrected chi connectivity index (χ4v) is 2.49. The number of para-hydroxylation sites is 1. The summed E-state index contributed by atoms with van der Waals surface area (Å²) < 4.78 is 0. The van der Waals surface area contributed by atoms with Crippen LogP contribution in [0.15, 0.2) is 30.3 Å².